The number of hydrogen-bond acceptors (Lipinski definition) is 1. The van der Waals surface area contributed by atoms with Crippen LogP contribution in [0.1, 0.15) is 17.2 Å². The molecule has 3 aromatic rings. The second-order valence-corrected chi connectivity index (χ2v) is 6.16. The van der Waals surface area contributed by atoms with Crippen LogP contribution in [-0.2, 0) is 6.42 Å². The van der Waals surface area contributed by atoms with E-state index in [2.05, 4.69) is 52.9 Å². The van der Waals surface area contributed by atoms with Crippen molar-refractivity contribution in [3.8, 4) is 0 Å². The molecule has 0 spiro atoms. The molecule has 0 aliphatic heterocycles. The van der Waals surface area contributed by atoms with E-state index in [0.29, 0.717) is 6.42 Å². The third-order valence-electron chi connectivity index (χ3n) is 3.53. The molecule has 0 heterocycles. The van der Waals surface area contributed by atoms with Crippen molar-refractivity contribution >= 4 is 33.4 Å². The van der Waals surface area contributed by atoms with E-state index in [0.717, 1.165) is 9.13 Å². The average molecular weight is 374 g/mol. The van der Waals surface area contributed by atoms with Crippen LogP contribution >= 0.6 is 22.6 Å². The molecule has 0 amide bonds. The zero-order valence-electron chi connectivity index (χ0n) is 11.0. The molecule has 1 atom stereocenters. The monoisotopic (exact) mass is 374 g/mol. The van der Waals surface area contributed by atoms with Gasteiger partial charge in [-0.1, -0.05) is 54.6 Å². The Labute approximate surface area is 132 Å². The van der Waals surface area contributed by atoms with E-state index in [1.165, 1.54) is 16.3 Å². The fourth-order valence-corrected chi connectivity index (χ4v) is 3.08. The van der Waals surface area contributed by atoms with Crippen LogP contribution < -0.4 is 0 Å². The molecule has 100 valence electrons. The van der Waals surface area contributed by atoms with E-state index >= 15 is 0 Å². The third kappa shape index (κ3) is 2.86. The van der Waals surface area contributed by atoms with Crippen LogP contribution in [0, 0.1) is 3.57 Å². The Balaban J connectivity index is 1.93. The first-order valence-electron chi connectivity index (χ1n) is 6.64. The summed E-state index contributed by atoms with van der Waals surface area (Å²) in [7, 11) is 0. The molecular weight excluding hydrogens is 359 g/mol. The Kier molecular flexibility index (Phi) is 4.03. The number of fused-ring (bicyclic) bond motifs is 1. The Morgan fingerprint density at radius 2 is 1.65 bits per heavy atom. The summed E-state index contributed by atoms with van der Waals surface area (Å²) in [6.07, 6.45) is 0.178. The summed E-state index contributed by atoms with van der Waals surface area (Å²) in [6.45, 7) is 0. The van der Waals surface area contributed by atoms with E-state index in [1.54, 1.807) is 0 Å². The number of rotatable bonds is 3. The molecule has 0 aliphatic carbocycles. The van der Waals surface area contributed by atoms with Crippen molar-refractivity contribution < 1.29 is 5.11 Å². The van der Waals surface area contributed by atoms with Crippen LogP contribution in [0.2, 0.25) is 0 Å². The standard InChI is InChI=1S/C18H15IO/c19-16-9-4-8-15(11-16)18(20)12-14-7-3-6-13-5-1-2-10-17(13)14/h1-11,18,20H,12H2. The first-order valence-corrected chi connectivity index (χ1v) is 7.72. The lowest BCUT2D eigenvalue weighted by Crippen LogP contribution is -2.02. The second kappa shape index (κ2) is 5.94. The molecule has 3 rings (SSSR count). The first kappa shape index (κ1) is 13.6. The lowest BCUT2D eigenvalue weighted by Gasteiger charge is -2.13. The Hall–Kier alpha value is -1.39. The number of aliphatic hydroxyl groups excluding tert-OH is 1. The van der Waals surface area contributed by atoms with Crippen LogP contribution in [0.4, 0.5) is 0 Å². The second-order valence-electron chi connectivity index (χ2n) is 4.91. The van der Waals surface area contributed by atoms with Crippen molar-refractivity contribution in [2.24, 2.45) is 0 Å². The highest BCUT2D eigenvalue weighted by atomic mass is 127. The summed E-state index contributed by atoms with van der Waals surface area (Å²) in [4.78, 5) is 0. The van der Waals surface area contributed by atoms with E-state index in [4.69, 9.17) is 0 Å². The first-order chi connectivity index (χ1) is 9.74. The Morgan fingerprint density at radius 1 is 0.900 bits per heavy atom. The fraction of sp³-hybridized carbons (Fsp3) is 0.111. The summed E-state index contributed by atoms with van der Waals surface area (Å²) in [6, 6.07) is 22.6. The molecule has 0 saturated heterocycles. The van der Waals surface area contributed by atoms with Gasteiger partial charge in [-0.2, -0.15) is 0 Å². The van der Waals surface area contributed by atoms with Crippen molar-refractivity contribution in [1.29, 1.82) is 0 Å². The quantitative estimate of drug-likeness (QED) is 0.658. The molecule has 0 aromatic heterocycles. The maximum absolute atomic E-state index is 10.5. The predicted molar refractivity (Wildman–Crippen MR) is 91.8 cm³/mol. The van der Waals surface area contributed by atoms with Crippen LogP contribution in [0.5, 0.6) is 0 Å². The van der Waals surface area contributed by atoms with Crippen LogP contribution in [-0.4, -0.2) is 5.11 Å². The minimum atomic E-state index is -0.462. The Morgan fingerprint density at radius 3 is 2.50 bits per heavy atom. The molecule has 1 unspecified atom stereocenters. The number of aliphatic hydroxyl groups is 1. The molecule has 0 fully saturated rings. The molecule has 0 radical (unpaired) electrons. The van der Waals surface area contributed by atoms with Gasteiger partial charge in [-0.15, -0.1) is 0 Å². The lowest BCUT2D eigenvalue weighted by molar-refractivity contribution is 0.179. The van der Waals surface area contributed by atoms with Gasteiger partial charge < -0.3 is 5.11 Å². The molecule has 0 saturated carbocycles. The van der Waals surface area contributed by atoms with Crippen molar-refractivity contribution in [1.82, 2.24) is 0 Å². The Bertz CT molecular complexity index is 731. The molecule has 0 bridgehead atoms. The van der Waals surface area contributed by atoms with Crippen LogP contribution in [0.3, 0.4) is 0 Å². The van der Waals surface area contributed by atoms with Gasteiger partial charge in [0, 0.05) is 9.99 Å². The zero-order chi connectivity index (χ0) is 13.9. The van der Waals surface area contributed by atoms with Crippen molar-refractivity contribution in [2.75, 3.05) is 0 Å². The summed E-state index contributed by atoms with van der Waals surface area (Å²) in [5.74, 6) is 0. The minimum absolute atomic E-state index is 0.462. The molecule has 0 aliphatic rings. The predicted octanol–water partition coefficient (Wildman–Crippen LogP) is 4.72. The summed E-state index contributed by atoms with van der Waals surface area (Å²) in [5, 5.41) is 12.9. The van der Waals surface area contributed by atoms with Crippen LogP contribution in [0.25, 0.3) is 10.8 Å². The van der Waals surface area contributed by atoms with E-state index in [1.807, 2.05) is 36.4 Å². The van der Waals surface area contributed by atoms with Gasteiger partial charge in [0.15, 0.2) is 0 Å². The molecule has 3 aromatic carbocycles. The van der Waals surface area contributed by atoms with Gasteiger partial charge in [0.2, 0.25) is 0 Å². The molecular formula is C18H15IO. The summed E-state index contributed by atoms with van der Waals surface area (Å²) >= 11 is 2.27. The highest BCUT2D eigenvalue weighted by Crippen LogP contribution is 2.25. The van der Waals surface area contributed by atoms with Crippen molar-refractivity contribution in [3.05, 3.63) is 81.4 Å². The molecule has 1 nitrogen and oxygen atoms in total. The smallest absolute Gasteiger partial charge is 0.0830 e. The maximum Gasteiger partial charge on any atom is 0.0830 e. The van der Waals surface area contributed by atoms with E-state index in [9.17, 15) is 5.11 Å². The average Bonchev–Trinajstić information content (AvgIpc) is 2.47. The maximum atomic E-state index is 10.5. The van der Waals surface area contributed by atoms with Gasteiger partial charge >= 0.3 is 0 Å². The van der Waals surface area contributed by atoms with Gasteiger partial charge in [0.25, 0.3) is 0 Å². The molecule has 1 N–H and O–H groups in total. The summed E-state index contributed by atoms with van der Waals surface area (Å²) in [5.41, 5.74) is 2.17. The SMILES string of the molecule is OC(Cc1cccc2ccccc12)c1cccc(I)c1. The highest BCUT2D eigenvalue weighted by molar-refractivity contribution is 14.1. The zero-order valence-corrected chi connectivity index (χ0v) is 13.1. The van der Waals surface area contributed by atoms with Gasteiger partial charge in [-0.3, -0.25) is 0 Å². The summed E-state index contributed by atoms with van der Waals surface area (Å²) < 4.78 is 1.15. The fourth-order valence-electron chi connectivity index (χ4n) is 2.51. The van der Waals surface area contributed by atoms with Gasteiger partial charge in [-0.05, 0) is 56.6 Å². The van der Waals surface area contributed by atoms with Gasteiger partial charge in [0.05, 0.1) is 6.10 Å². The van der Waals surface area contributed by atoms with Crippen molar-refractivity contribution in [3.63, 3.8) is 0 Å². The minimum Gasteiger partial charge on any atom is -0.388 e. The largest absolute Gasteiger partial charge is 0.388 e. The third-order valence-corrected chi connectivity index (χ3v) is 4.20. The van der Waals surface area contributed by atoms with E-state index < -0.39 is 6.10 Å². The van der Waals surface area contributed by atoms with Gasteiger partial charge in [0.1, 0.15) is 0 Å². The number of benzene rings is 3. The van der Waals surface area contributed by atoms with Crippen LogP contribution in [0.15, 0.2) is 66.7 Å². The highest BCUT2D eigenvalue weighted by Gasteiger charge is 2.10. The molecule has 20 heavy (non-hydrogen) atoms. The van der Waals surface area contributed by atoms with E-state index in [-0.39, 0.29) is 0 Å². The van der Waals surface area contributed by atoms with Gasteiger partial charge in [-0.25, -0.2) is 0 Å². The topological polar surface area (TPSA) is 20.2 Å². The van der Waals surface area contributed by atoms with Crippen molar-refractivity contribution in [2.45, 2.75) is 12.5 Å². The number of hydrogen-bond donors (Lipinski definition) is 1. The molecule has 2 heteroatoms. The normalized spacial score (nSPS) is 12.5. The number of halogens is 1. The lowest BCUT2D eigenvalue weighted by atomic mass is 9.97.